The Morgan fingerprint density at radius 2 is 2.12 bits per heavy atom. The van der Waals surface area contributed by atoms with Gasteiger partial charge in [-0.2, -0.15) is 5.10 Å². The molecule has 4 rings (SSSR count). The molecule has 0 unspecified atom stereocenters. The smallest absolute Gasteiger partial charge is 0.322 e. The van der Waals surface area contributed by atoms with Crippen LogP contribution in [0.15, 0.2) is 24.8 Å². The maximum absolute atomic E-state index is 12.4. The number of hydrogen-bond acceptors (Lipinski definition) is 7. The molecule has 1 aliphatic carbocycles. The van der Waals surface area contributed by atoms with Gasteiger partial charge in [-0.05, 0) is 25.2 Å². The van der Waals surface area contributed by atoms with Crippen molar-refractivity contribution < 1.29 is 14.4 Å². The molecule has 25 heavy (non-hydrogen) atoms. The Kier molecular flexibility index (Phi) is 3.52. The van der Waals surface area contributed by atoms with Crippen molar-refractivity contribution in [3.63, 3.8) is 0 Å². The average molecular weight is 341 g/mol. The standard InChI is InChI=1S/C15H15N7O3/c23-11(10-7-18-22(21-10)12-8-16-5-6-17-12)3-4-15(9-1-2-9)13(24)19-14(25)20-15/h5-9H,1-4H2,(H2,19,20,24,25)/t15-/m0/s1. The van der Waals surface area contributed by atoms with Gasteiger partial charge in [-0.15, -0.1) is 9.90 Å². The zero-order chi connectivity index (χ0) is 17.4. The van der Waals surface area contributed by atoms with Crippen LogP contribution in [0.1, 0.15) is 36.2 Å². The number of Topliss-reactive ketones (excluding diaryl/α,β-unsaturated/α-hetero) is 1. The molecule has 0 spiro atoms. The third-order valence-corrected chi connectivity index (χ3v) is 4.52. The van der Waals surface area contributed by atoms with Gasteiger partial charge in [0.2, 0.25) is 0 Å². The van der Waals surface area contributed by atoms with Gasteiger partial charge in [0, 0.05) is 18.8 Å². The molecule has 2 fully saturated rings. The van der Waals surface area contributed by atoms with E-state index < -0.39 is 11.6 Å². The molecule has 128 valence electrons. The molecule has 1 saturated heterocycles. The van der Waals surface area contributed by atoms with Gasteiger partial charge < -0.3 is 5.32 Å². The van der Waals surface area contributed by atoms with Crippen LogP contribution >= 0.6 is 0 Å². The van der Waals surface area contributed by atoms with E-state index in [2.05, 4.69) is 30.8 Å². The SMILES string of the molecule is O=C1NC(=O)[C@](CCC(=O)c2cnn(-c3cnccn3)n2)(C2CC2)N1. The Morgan fingerprint density at radius 1 is 1.28 bits per heavy atom. The molecular formula is C15H15N7O3. The van der Waals surface area contributed by atoms with E-state index >= 15 is 0 Å². The lowest BCUT2D eigenvalue weighted by molar-refractivity contribution is -0.124. The van der Waals surface area contributed by atoms with E-state index in [9.17, 15) is 14.4 Å². The summed E-state index contributed by atoms with van der Waals surface area (Å²) in [5, 5.41) is 13.1. The Hall–Kier alpha value is -3.17. The van der Waals surface area contributed by atoms with Crippen LogP contribution in [0.3, 0.4) is 0 Å². The molecule has 2 aromatic heterocycles. The van der Waals surface area contributed by atoms with Gasteiger partial charge in [0.1, 0.15) is 11.2 Å². The summed E-state index contributed by atoms with van der Waals surface area (Å²) in [5.74, 6) is -0.111. The van der Waals surface area contributed by atoms with Crippen LogP contribution < -0.4 is 10.6 Å². The number of carbonyl (C=O) groups is 3. The molecule has 2 aliphatic rings. The van der Waals surface area contributed by atoms with Crippen LogP contribution in [0.2, 0.25) is 0 Å². The zero-order valence-corrected chi connectivity index (χ0v) is 13.2. The third kappa shape index (κ3) is 2.75. The van der Waals surface area contributed by atoms with Crippen LogP contribution in [0.25, 0.3) is 5.82 Å². The molecule has 1 aliphatic heterocycles. The lowest BCUT2D eigenvalue weighted by Gasteiger charge is -2.25. The van der Waals surface area contributed by atoms with E-state index in [1.807, 2.05) is 0 Å². The summed E-state index contributed by atoms with van der Waals surface area (Å²) in [7, 11) is 0. The maximum Gasteiger partial charge on any atom is 0.322 e. The van der Waals surface area contributed by atoms with E-state index in [0.717, 1.165) is 12.8 Å². The van der Waals surface area contributed by atoms with E-state index in [4.69, 9.17) is 0 Å². The van der Waals surface area contributed by atoms with Gasteiger partial charge >= 0.3 is 6.03 Å². The maximum atomic E-state index is 12.4. The first-order chi connectivity index (χ1) is 12.1. The first-order valence-corrected chi connectivity index (χ1v) is 7.94. The summed E-state index contributed by atoms with van der Waals surface area (Å²) in [4.78, 5) is 45.3. The predicted molar refractivity (Wildman–Crippen MR) is 82.6 cm³/mol. The predicted octanol–water partition coefficient (Wildman–Crippen LogP) is 0.00840. The van der Waals surface area contributed by atoms with Crippen molar-refractivity contribution in [1.29, 1.82) is 0 Å². The highest BCUT2D eigenvalue weighted by atomic mass is 16.2. The van der Waals surface area contributed by atoms with Gasteiger partial charge in [-0.1, -0.05) is 0 Å². The Labute approximate surface area is 142 Å². The number of aromatic nitrogens is 5. The topological polar surface area (TPSA) is 132 Å². The summed E-state index contributed by atoms with van der Waals surface area (Å²) < 4.78 is 0. The van der Waals surface area contributed by atoms with Crippen molar-refractivity contribution >= 4 is 17.7 Å². The van der Waals surface area contributed by atoms with Gasteiger partial charge in [0.25, 0.3) is 5.91 Å². The summed E-state index contributed by atoms with van der Waals surface area (Å²) in [6, 6.07) is -0.502. The molecule has 10 heteroatoms. The normalized spacial score (nSPS) is 22.6. The Balaban J connectivity index is 1.47. The van der Waals surface area contributed by atoms with Gasteiger partial charge in [0.15, 0.2) is 11.6 Å². The second-order valence-electron chi connectivity index (χ2n) is 6.16. The fraction of sp³-hybridized carbons (Fsp3) is 0.400. The first-order valence-electron chi connectivity index (χ1n) is 7.94. The van der Waals surface area contributed by atoms with Gasteiger partial charge in [-0.3, -0.25) is 19.9 Å². The van der Waals surface area contributed by atoms with Crippen LogP contribution in [-0.2, 0) is 4.79 Å². The van der Waals surface area contributed by atoms with Crippen molar-refractivity contribution in [2.45, 2.75) is 31.2 Å². The van der Waals surface area contributed by atoms with Gasteiger partial charge in [0.05, 0.1) is 12.4 Å². The lowest BCUT2D eigenvalue weighted by Crippen LogP contribution is -2.49. The fourth-order valence-corrected chi connectivity index (χ4v) is 3.08. The number of amides is 3. The summed E-state index contributed by atoms with van der Waals surface area (Å²) in [5.41, 5.74) is -0.797. The molecule has 1 atom stereocenters. The third-order valence-electron chi connectivity index (χ3n) is 4.52. The molecule has 10 nitrogen and oxygen atoms in total. The van der Waals surface area contributed by atoms with Crippen molar-refractivity contribution in [2.24, 2.45) is 5.92 Å². The fourth-order valence-electron chi connectivity index (χ4n) is 3.08. The number of urea groups is 1. The first kappa shape index (κ1) is 15.4. The Morgan fingerprint density at radius 3 is 2.76 bits per heavy atom. The van der Waals surface area contributed by atoms with E-state index in [0.29, 0.717) is 5.82 Å². The number of carbonyl (C=O) groups excluding carboxylic acids is 3. The average Bonchev–Trinajstić information content (AvgIpc) is 3.27. The van der Waals surface area contributed by atoms with Crippen molar-refractivity contribution in [1.82, 2.24) is 35.6 Å². The van der Waals surface area contributed by atoms with Crippen LogP contribution in [0, 0.1) is 5.92 Å². The molecule has 0 bridgehead atoms. The van der Waals surface area contributed by atoms with Crippen molar-refractivity contribution in [3.8, 4) is 5.82 Å². The van der Waals surface area contributed by atoms with Crippen LogP contribution in [-0.4, -0.2) is 48.2 Å². The van der Waals surface area contributed by atoms with E-state index in [1.165, 1.54) is 29.6 Å². The van der Waals surface area contributed by atoms with Gasteiger partial charge in [-0.25, -0.2) is 9.78 Å². The summed E-state index contributed by atoms with van der Waals surface area (Å²) >= 11 is 0. The number of nitrogens with zero attached hydrogens (tertiary/aromatic N) is 5. The minimum Gasteiger partial charge on any atom is -0.323 e. The minimum atomic E-state index is -0.979. The highest BCUT2D eigenvalue weighted by molar-refractivity contribution is 6.07. The largest absolute Gasteiger partial charge is 0.323 e. The highest BCUT2D eigenvalue weighted by Crippen LogP contribution is 2.43. The monoisotopic (exact) mass is 341 g/mol. The molecule has 2 N–H and O–H groups in total. The quantitative estimate of drug-likeness (QED) is 0.558. The van der Waals surface area contributed by atoms with E-state index in [1.54, 1.807) is 0 Å². The summed E-state index contributed by atoms with van der Waals surface area (Å²) in [6.45, 7) is 0. The number of ketones is 1. The number of rotatable bonds is 6. The number of hydrogen-bond donors (Lipinski definition) is 2. The molecule has 0 radical (unpaired) electrons. The zero-order valence-electron chi connectivity index (χ0n) is 13.2. The molecule has 3 heterocycles. The molecule has 1 saturated carbocycles. The van der Waals surface area contributed by atoms with Crippen LogP contribution in [0.4, 0.5) is 4.79 Å². The Bertz CT molecular complexity index is 846. The highest BCUT2D eigenvalue weighted by Gasteiger charge is 2.55. The summed E-state index contributed by atoms with van der Waals surface area (Å²) in [6.07, 6.45) is 7.92. The molecule has 0 aromatic carbocycles. The van der Waals surface area contributed by atoms with Crippen molar-refractivity contribution in [3.05, 3.63) is 30.5 Å². The number of imide groups is 1. The second kappa shape index (κ2) is 5.72. The number of nitrogens with one attached hydrogen (secondary N) is 2. The van der Waals surface area contributed by atoms with E-state index in [-0.39, 0.29) is 36.1 Å². The molecule has 3 amide bonds. The van der Waals surface area contributed by atoms with Crippen LogP contribution in [0.5, 0.6) is 0 Å². The van der Waals surface area contributed by atoms with Crippen molar-refractivity contribution in [2.75, 3.05) is 0 Å². The molecule has 2 aromatic rings. The lowest BCUT2D eigenvalue weighted by atomic mass is 9.87. The minimum absolute atomic E-state index is 0.0852. The second-order valence-corrected chi connectivity index (χ2v) is 6.16. The molecular weight excluding hydrogens is 326 g/mol.